The molecule has 5 heteroatoms. The van der Waals surface area contributed by atoms with Crippen LogP contribution in [0.1, 0.15) is 33.7 Å². The van der Waals surface area contributed by atoms with Crippen LogP contribution in [-0.2, 0) is 9.53 Å². The number of hydrogen-bond donors (Lipinski definition) is 1. The van der Waals surface area contributed by atoms with Crippen molar-refractivity contribution >= 4 is 22.8 Å². The average Bonchev–Trinajstić information content (AvgIpc) is 2.81. The van der Waals surface area contributed by atoms with Crippen LogP contribution in [0.15, 0.2) is 16.5 Å². The quantitative estimate of drug-likeness (QED) is 0.879. The SMILES string of the molecule is COC(=O)CCNC(=O)c1oc2c(C)ccc(C)c2c1C. The van der Waals surface area contributed by atoms with Gasteiger partial charge in [-0.15, -0.1) is 0 Å². The van der Waals surface area contributed by atoms with Gasteiger partial charge in [0.25, 0.3) is 5.91 Å². The van der Waals surface area contributed by atoms with E-state index in [1.54, 1.807) is 0 Å². The van der Waals surface area contributed by atoms with Crippen molar-refractivity contribution in [1.29, 1.82) is 0 Å². The Hall–Kier alpha value is -2.30. The van der Waals surface area contributed by atoms with Crippen molar-refractivity contribution in [2.45, 2.75) is 27.2 Å². The lowest BCUT2D eigenvalue weighted by Crippen LogP contribution is -2.26. The topological polar surface area (TPSA) is 68.5 Å². The summed E-state index contributed by atoms with van der Waals surface area (Å²) in [6, 6.07) is 3.98. The average molecular weight is 289 g/mol. The second kappa shape index (κ2) is 5.99. The van der Waals surface area contributed by atoms with Crippen molar-refractivity contribution < 1.29 is 18.7 Å². The van der Waals surface area contributed by atoms with E-state index in [0.29, 0.717) is 5.76 Å². The second-order valence-electron chi connectivity index (χ2n) is 5.04. The molecule has 0 aliphatic rings. The van der Waals surface area contributed by atoms with Crippen LogP contribution >= 0.6 is 0 Å². The molecule has 0 atom stereocenters. The number of carbonyl (C=O) groups excluding carboxylic acids is 2. The Bertz CT molecular complexity index is 700. The van der Waals surface area contributed by atoms with Crippen molar-refractivity contribution in [1.82, 2.24) is 5.32 Å². The molecule has 0 bridgehead atoms. The van der Waals surface area contributed by atoms with Gasteiger partial charge in [0.2, 0.25) is 0 Å². The van der Waals surface area contributed by atoms with Gasteiger partial charge >= 0.3 is 5.97 Å². The largest absolute Gasteiger partial charge is 0.469 e. The van der Waals surface area contributed by atoms with Crippen LogP contribution in [0.3, 0.4) is 0 Å². The number of aryl methyl sites for hydroxylation is 3. The first-order valence-electron chi connectivity index (χ1n) is 6.80. The molecule has 0 aliphatic carbocycles. The Morgan fingerprint density at radius 1 is 1.19 bits per heavy atom. The highest BCUT2D eigenvalue weighted by Crippen LogP contribution is 2.30. The third-order valence-electron chi connectivity index (χ3n) is 3.53. The summed E-state index contributed by atoms with van der Waals surface area (Å²) in [5, 5.41) is 3.65. The van der Waals surface area contributed by atoms with Crippen LogP contribution in [0.4, 0.5) is 0 Å². The Kier molecular flexibility index (Phi) is 4.31. The Morgan fingerprint density at radius 2 is 1.86 bits per heavy atom. The van der Waals surface area contributed by atoms with Gasteiger partial charge in [0.15, 0.2) is 5.76 Å². The molecule has 0 unspecified atom stereocenters. The summed E-state index contributed by atoms with van der Waals surface area (Å²) in [6.45, 7) is 6.03. The molecule has 2 aromatic rings. The normalized spacial score (nSPS) is 10.7. The van der Waals surface area contributed by atoms with Gasteiger partial charge in [0.1, 0.15) is 5.58 Å². The lowest BCUT2D eigenvalue weighted by Gasteiger charge is -2.02. The molecule has 0 radical (unpaired) electrons. The second-order valence-corrected chi connectivity index (χ2v) is 5.04. The predicted molar refractivity (Wildman–Crippen MR) is 79.4 cm³/mol. The van der Waals surface area contributed by atoms with Gasteiger partial charge in [0, 0.05) is 17.5 Å². The van der Waals surface area contributed by atoms with Gasteiger partial charge in [0.05, 0.1) is 13.5 Å². The maximum absolute atomic E-state index is 12.2. The summed E-state index contributed by atoms with van der Waals surface area (Å²) in [5.41, 5.74) is 3.63. The van der Waals surface area contributed by atoms with Crippen molar-refractivity contribution in [3.8, 4) is 0 Å². The number of ether oxygens (including phenoxy) is 1. The fourth-order valence-corrected chi connectivity index (χ4v) is 2.35. The number of hydrogen-bond acceptors (Lipinski definition) is 4. The number of furan rings is 1. The highest BCUT2D eigenvalue weighted by molar-refractivity contribution is 6.00. The maximum Gasteiger partial charge on any atom is 0.307 e. The van der Waals surface area contributed by atoms with Crippen LogP contribution in [-0.4, -0.2) is 25.5 Å². The summed E-state index contributed by atoms with van der Waals surface area (Å²) in [6.07, 6.45) is 0.138. The van der Waals surface area contributed by atoms with E-state index in [9.17, 15) is 9.59 Å². The first-order chi connectivity index (χ1) is 9.95. The van der Waals surface area contributed by atoms with E-state index >= 15 is 0 Å². The molecule has 1 aromatic carbocycles. The Morgan fingerprint density at radius 3 is 2.48 bits per heavy atom. The number of rotatable bonds is 4. The minimum absolute atomic E-state index is 0.138. The third kappa shape index (κ3) is 2.91. The lowest BCUT2D eigenvalue weighted by atomic mass is 10.0. The van der Waals surface area contributed by atoms with E-state index in [2.05, 4.69) is 10.1 Å². The molecule has 0 spiro atoms. The van der Waals surface area contributed by atoms with Crippen LogP contribution in [0.2, 0.25) is 0 Å². The van der Waals surface area contributed by atoms with Gasteiger partial charge in [-0.1, -0.05) is 12.1 Å². The van der Waals surface area contributed by atoms with E-state index < -0.39 is 0 Å². The minimum Gasteiger partial charge on any atom is -0.469 e. The van der Waals surface area contributed by atoms with Crippen molar-refractivity contribution in [2.24, 2.45) is 0 Å². The van der Waals surface area contributed by atoms with Crippen LogP contribution in [0.25, 0.3) is 11.0 Å². The molecule has 0 saturated heterocycles. The molecule has 2 rings (SSSR count). The highest BCUT2D eigenvalue weighted by atomic mass is 16.5. The molecule has 21 heavy (non-hydrogen) atoms. The number of carbonyl (C=O) groups is 2. The zero-order valence-corrected chi connectivity index (χ0v) is 12.7. The lowest BCUT2D eigenvalue weighted by molar-refractivity contribution is -0.140. The maximum atomic E-state index is 12.2. The van der Waals surface area contributed by atoms with Crippen molar-refractivity contribution in [2.75, 3.05) is 13.7 Å². The van der Waals surface area contributed by atoms with Crippen molar-refractivity contribution in [3.63, 3.8) is 0 Å². The number of fused-ring (bicyclic) bond motifs is 1. The molecule has 1 heterocycles. The molecule has 1 N–H and O–H groups in total. The number of benzene rings is 1. The van der Waals surface area contributed by atoms with E-state index in [-0.39, 0.29) is 24.8 Å². The summed E-state index contributed by atoms with van der Waals surface area (Å²) in [4.78, 5) is 23.2. The standard InChI is InChI=1S/C16H19NO4/c1-9-5-6-10(2)14-13(9)11(3)15(21-14)16(19)17-8-7-12(18)20-4/h5-6H,7-8H2,1-4H3,(H,17,19). The van der Waals surface area contributed by atoms with Crippen LogP contribution < -0.4 is 5.32 Å². The molecule has 0 aliphatic heterocycles. The summed E-state index contributed by atoms with van der Waals surface area (Å²) in [7, 11) is 1.32. The van der Waals surface area contributed by atoms with Gasteiger partial charge in [-0.2, -0.15) is 0 Å². The zero-order valence-electron chi connectivity index (χ0n) is 12.7. The van der Waals surface area contributed by atoms with E-state index in [1.165, 1.54) is 7.11 Å². The van der Waals surface area contributed by atoms with Crippen LogP contribution in [0, 0.1) is 20.8 Å². The fraction of sp³-hybridized carbons (Fsp3) is 0.375. The Labute approximate surface area is 123 Å². The van der Waals surface area contributed by atoms with E-state index in [0.717, 1.165) is 27.7 Å². The minimum atomic E-state index is -0.358. The summed E-state index contributed by atoms with van der Waals surface area (Å²) >= 11 is 0. The molecule has 0 fully saturated rings. The third-order valence-corrected chi connectivity index (χ3v) is 3.53. The van der Waals surface area contributed by atoms with E-state index in [4.69, 9.17) is 4.42 Å². The zero-order chi connectivity index (χ0) is 15.6. The van der Waals surface area contributed by atoms with Crippen LogP contribution in [0.5, 0.6) is 0 Å². The van der Waals surface area contributed by atoms with Gasteiger partial charge in [-0.05, 0) is 31.9 Å². The first-order valence-corrected chi connectivity index (χ1v) is 6.80. The fourth-order valence-electron chi connectivity index (χ4n) is 2.35. The molecule has 0 saturated carbocycles. The molecule has 1 aromatic heterocycles. The van der Waals surface area contributed by atoms with Gasteiger partial charge in [-0.25, -0.2) is 0 Å². The number of nitrogens with one attached hydrogen (secondary N) is 1. The molecular weight excluding hydrogens is 270 g/mol. The number of esters is 1. The Balaban J connectivity index is 2.24. The van der Waals surface area contributed by atoms with Gasteiger partial charge < -0.3 is 14.5 Å². The molecular formula is C16H19NO4. The highest BCUT2D eigenvalue weighted by Gasteiger charge is 2.19. The number of methoxy groups -OCH3 is 1. The predicted octanol–water partition coefficient (Wildman–Crippen LogP) is 2.65. The first kappa shape index (κ1) is 15.1. The summed E-state index contributed by atoms with van der Waals surface area (Å²) < 4.78 is 10.3. The summed E-state index contributed by atoms with van der Waals surface area (Å²) in [5.74, 6) is -0.373. The molecule has 5 nitrogen and oxygen atoms in total. The van der Waals surface area contributed by atoms with E-state index in [1.807, 2.05) is 32.9 Å². The monoisotopic (exact) mass is 289 g/mol. The van der Waals surface area contributed by atoms with Crippen molar-refractivity contribution in [3.05, 3.63) is 34.6 Å². The smallest absolute Gasteiger partial charge is 0.307 e. The molecule has 112 valence electrons. The number of amides is 1. The van der Waals surface area contributed by atoms with Gasteiger partial charge in [-0.3, -0.25) is 9.59 Å². The molecule has 1 amide bonds.